The van der Waals surface area contributed by atoms with Gasteiger partial charge in [-0.25, -0.2) is 28.7 Å². The fourth-order valence-electron chi connectivity index (χ4n) is 5.74. The Bertz CT molecular complexity index is 2390. The van der Waals surface area contributed by atoms with Crippen LogP contribution in [0.3, 0.4) is 0 Å². The molecule has 0 aliphatic carbocycles. The molecule has 6 heteroatoms. The molecule has 218 valence electrons. The van der Waals surface area contributed by atoms with E-state index in [-0.39, 0.29) is 11.6 Å². The van der Waals surface area contributed by atoms with Gasteiger partial charge in [-0.15, -0.1) is 0 Å². The van der Waals surface area contributed by atoms with Gasteiger partial charge in [0.05, 0.1) is 33.5 Å². The number of fused-ring (bicyclic) bond motifs is 2. The molecule has 8 aromatic rings. The fraction of sp³-hybridized carbons (Fsp3) is 0. The van der Waals surface area contributed by atoms with Crippen LogP contribution < -0.4 is 0 Å². The molecule has 0 spiro atoms. The first kappa shape index (κ1) is 27.4. The third-order valence-electron chi connectivity index (χ3n) is 8.01. The van der Waals surface area contributed by atoms with E-state index < -0.39 is 0 Å². The van der Waals surface area contributed by atoms with E-state index in [9.17, 15) is 4.39 Å². The monoisotopic (exact) mass is 598 g/mol. The first-order chi connectivity index (χ1) is 22.6. The van der Waals surface area contributed by atoms with Crippen LogP contribution in [0.4, 0.5) is 8.78 Å². The Hall–Kier alpha value is -6.14. The largest absolute Gasteiger partial charge is 0.244 e. The second kappa shape index (κ2) is 11.4. The predicted octanol–water partition coefficient (Wildman–Crippen LogP) is 10.2. The van der Waals surface area contributed by atoms with E-state index in [0.717, 1.165) is 22.3 Å². The normalized spacial score (nSPS) is 11.3. The van der Waals surface area contributed by atoms with Crippen molar-refractivity contribution < 1.29 is 8.78 Å². The van der Waals surface area contributed by atoms with Crippen LogP contribution >= 0.6 is 0 Å². The zero-order valence-electron chi connectivity index (χ0n) is 24.4. The van der Waals surface area contributed by atoms with Crippen molar-refractivity contribution in [2.24, 2.45) is 0 Å². The summed E-state index contributed by atoms with van der Waals surface area (Å²) < 4.78 is 30.0. The van der Waals surface area contributed by atoms with Gasteiger partial charge in [-0.2, -0.15) is 0 Å². The lowest BCUT2D eigenvalue weighted by Gasteiger charge is -2.13. The summed E-state index contributed by atoms with van der Waals surface area (Å²) in [7, 11) is 0. The number of hydrogen-bond acceptors (Lipinski definition) is 4. The molecule has 0 saturated heterocycles. The summed E-state index contributed by atoms with van der Waals surface area (Å²) in [6.45, 7) is 0. The number of rotatable bonds is 5. The quantitative estimate of drug-likeness (QED) is 0.198. The SMILES string of the molecule is Fc1ccccc1-c1nc2ccc(-c3ccc4nc(-c5ccccc5)c(-c5ccccc5F)nc4c3)cc2nc1-c1ccccc1. The Labute approximate surface area is 263 Å². The van der Waals surface area contributed by atoms with Crippen LogP contribution in [0.5, 0.6) is 0 Å². The summed E-state index contributed by atoms with van der Waals surface area (Å²) in [6.07, 6.45) is 0. The average Bonchev–Trinajstić information content (AvgIpc) is 3.11. The summed E-state index contributed by atoms with van der Waals surface area (Å²) in [6, 6.07) is 44.4. The van der Waals surface area contributed by atoms with E-state index >= 15 is 4.39 Å². The number of nitrogens with zero attached hydrogens (tertiary/aromatic N) is 4. The van der Waals surface area contributed by atoms with E-state index in [1.165, 1.54) is 12.1 Å². The van der Waals surface area contributed by atoms with Gasteiger partial charge in [0.25, 0.3) is 0 Å². The molecule has 8 rings (SSSR count). The van der Waals surface area contributed by atoms with Crippen LogP contribution in [-0.4, -0.2) is 19.9 Å². The molecular weight excluding hydrogens is 574 g/mol. The summed E-state index contributed by atoms with van der Waals surface area (Å²) in [4.78, 5) is 19.8. The zero-order chi connectivity index (χ0) is 31.0. The molecule has 46 heavy (non-hydrogen) atoms. The Balaban J connectivity index is 1.28. The predicted molar refractivity (Wildman–Crippen MR) is 180 cm³/mol. The lowest BCUT2D eigenvalue weighted by Crippen LogP contribution is -1.98. The fourth-order valence-corrected chi connectivity index (χ4v) is 5.74. The molecule has 0 aliphatic heterocycles. The van der Waals surface area contributed by atoms with Crippen LogP contribution in [0.25, 0.3) is 78.2 Å². The van der Waals surface area contributed by atoms with Gasteiger partial charge in [-0.1, -0.05) is 97.1 Å². The Morgan fingerprint density at radius 2 is 0.674 bits per heavy atom. The number of aromatic nitrogens is 4. The van der Waals surface area contributed by atoms with Gasteiger partial charge >= 0.3 is 0 Å². The first-order valence-corrected chi connectivity index (χ1v) is 14.9. The van der Waals surface area contributed by atoms with Crippen molar-refractivity contribution in [3.8, 4) is 56.2 Å². The Kier molecular flexibility index (Phi) is 6.80. The van der Waals surface area contributed by atoms with E-state index in [1.807, 2.05) is 97.1 Å². The van der Waals surface area contributed by atoms with Crippen LogP contribution in [-0.2, 0) is 0 Å². The maximum Gasteiger partial charge on any atom is 0.132 e. The van der Waals surface area contributed by atoms with Crippen LogP contribution in [0.2, 0.25) is 0 Å². The molecule has 6 aromatic carbocycles. The zero-order valence-corrected chi connectivity index (χ0v) is 24.4. The van der Waals surface area contributed by atoms with Gasteiger partial charge in [-0.3, -0.25) is 0 Å². The second-order valence-electron chi connectivity index (χ2n) is 10.9. The van der Waals surface area contributed by atoms with Crippen LogP contribution in [0.15, 0.2) is 146 Å². The van der Waals surface area contributed by atoms with Gasteiger partial charge < -0.3 is 0 Å². The van der Waals surface area contributed by atoms with Crippen molar-refractivity contribution in [2.45, 2.75) is 0 Å². The molecule has 0 N–H and O–H groups in total. The molecule has 0 unspecified atom stereocenters. The maximum atomic E-state index is 15.1. The highest BCUT2D eigenvalue weighted by Crippen LogP contribution is 2.36. The van der Waals surface area contributed by atoms with E-state index in [2.05, 4.69) is 0 Å². The molecule has 2 aromatic heterocycles. The van der Waals surface area contributed by atoms with Crippen molar-refractivity contribution in [3.05, 3.63) is 157 Å². The molecule has 0 atom stereocenters. The summed E-state index contributed by atoms with van der Waals surface area (Å²) in [5.74, 6) is -0.714. The van der Waals surface area contributed by atoms with Gasteiger partial charge in [-0.05, 0) is 59.7 Å². The van der Waals surface area contributed by atoms with Crippen molar-refractivity contribution in [1.29, 1.82) is 0 Å². The van der Waals surface area contributed by atoms with Crippen LogP contribution in [0, 0.1) is 11.6 Å². The van der Waals surface area contributed by atoms with Gasteiger partial charge in [0.1, 0.15) is 23.0 Å². The topological polar surface area (TPSA) is 51.6 Å². The highest BCUT2D eigenvalue weighted by atomic mass is 19.1. The van der Waals surface area contributed by atoms with Gasteiger partial charge in [0, 0.05) is 22.3 Å². The van der Waals surface area contributed by atoms with Crippen molar-refractivity contribution in [1.82, 2.24) is 19.9 Å². The van der Waals surface area contributed by atoms with E-state index in [4.69, 9.17) is 19.9 Å². The smallest absolute Gasteiger partial charge is 0.132 e. The first-order valence-electron chi connectivity index (χ1n) is 14.9. The number of benzene rings is 6. The molecule has 0 fully saturated rings. The molecule has 0 amide bonds. The molecule has 0 saturated carbocycles. The Morgan fingerprint density at radius 3 is 1.13 bits per heavy atom. The Morgan fingerprint density at radius 1 is 0.304 bits per heavy atom. The van der Waals surface area contributed by atoms with E-state index in [0.29, 0.717) is 56.0 Å². The van der Waals surface area contributed by atoms with Crippen molar-refractivity contribution in [2.75, 3.05) is 0 Å². The van der Waals surface area contributed by atoms with Crippen LogP contribution in [0.1, 0.15) is 0 Å². The minimum Gasteiger partial charge on any atom is -0.244 e. The molecular formula is C40H24F2N4. The molecule has 0 radical (unpaired) electrons. The summed E-state index contributed by atoms with van der Waals surface area (Å²) >= 11 is 0. The highest BCUT2D eigenvalue weighted by molar-refractivity contribution is 5.92. The van der Waals surface area contributed by atoms with Crippen molar-refractivity contribution in [3.63, 3.8) is 0 Å². The lowest BCUT2D eigenvalue weighted by molar-refractivity contribution is 0.630. The van der Waals surface area contributed by atoms with Gasteiger partial charge in [0.2, 0.25) is 0 Å². The molecule has 4 nitrogen and oxygen atoms in total. The summed E-state index contributed by atoms with van der Waals surface area (Å²) in [5.41, 5.74) is 9.14. The van der Waals surface area contributed by atoms with Crippen molar-refractivity contribution >= 4 is 22.1 Å². The second-order valence-corrected chi connectivity index (χ2v) is 10.9. The maximum absolute atomic E-state index is 15.1. The third-order valence-corrected chi connectivity index (χ3v) is 8.01. The third kappa shape index (κ3) is 4.96. The molecule has 0 bridgehead atoms. The summed E-state index contributed by atoms with van der Waals surface area (Å²) in [5, 5.41) is 0. The van der Waals surface area contributed by atoms with E-state index in [1.54, 1.807) is 36.4 Å². The molecule has 0 aliphatic rings. The highest BCUT2D eigenvalue weighted by Gasteiger charge is 2.18. The average molecular weight is 599 g/mol. The lowest BCUT2D eigenvalue weighted by atomic mass is 10.0. The number of hydrogen-bond donors (Lipinski definition) is 0. The standard InChI is InChI=1S/C40H24F2N4/c41-31-17-9-7-15-29(31)39-38(26-13-5-2-6-14-26)45-35-23-27(20-22-34(35)44-39)28-19-21-33-36(24-28)46-40(30-16-8-10-18-32(30)42)37(43-33)25-11-3-1-4-12-25/h1-24H. The molecule has 2 heterocycles. The minimum atomic E-state index is -0.360. The van der Waals surface area contributed by atoms with Gasteiger partial charge in [0.15, 0.2) is 0 Å². The minimum absolute atomic E-state index is 0.354. The number of halogens is 2.